The Hall–Kier alpha value is -3.50. The number of likely N-dealkylation sites (N-methyl/N-ethyl adjacent to an activating group) is 1. The number of rotatable bonds is 1. The number of nitrogens with two attached hydrogens (primary N) is 1. The number of aliphatic hydroxyl groups is 1. The molecular formula is C22H21N5O2. The largest absolute Gasteiger partial charge is 0.382 e. The Balaban J connectivity index is 1.74. The number of aromatic nitrogens is 3. The molecule has 3 N–H and O–H groups in total. The first kappa shape index (κ1) is 18.8. The zero-order valence-electron chi connectivity index (χ0n) is 16.5. The molecule has 7 heteroatoms. The number of hydrogen-bond donors (Lipinski definition) is 2. The van der Waals surface area contributed by atoms with Gasteiger partial charge in [-0.05, 0) is 37.6 Å². The number of hydrogen-bond acceptors (Lipinski definition) is 6. The van der Waals surface area contributed by atoms with Gasteiger partial charge >= 0.3 is 0 Å². The fourth-order valence-corrected chi connectivity index (χ4v) is 3.45. The molecule has 1 saturated heterocycles. The van der Waals surface area contributed by atoms with Crippen LogP contribution in [0.3, 0.4) is 0 Å². The van der Waals surface area contributed by atoms with Gasteiger partial charge in [-0.15, -0.1) is 0 Å². The Labute approximate surface area is 168 Å². The standard InChI is InChI=1S/C22H21N5O2/c1-13-11-17(26-19-18(13)24-14(2)25-20(19)23)16-6-4-5-15(12-16)7-8-22(29)9-10-27(3)21(22)28/h4-6,11-12,29H,9-10H2,1-3H3,(H2,23,24,25)/t22-/m0/s1. The second-order valence-electron chi connectivity index (χ2n) is 7.35. The van der Waals surface area contributed by atoms with Crippen LogP contribution in [-0.2, 0) is 4.79 Å². The van der Waals surface area contributed by atoms with Crippen molar-refractivity contribution < 1.29 is 9.90 Å². The molecule has 1 amide bonds. The maximum Gasteiger partial charge on any atom is 0.267 e. The first-order chi connectivity index (χ1) is 13.8. The molecule has 3 heterocycles. The third kappa shape index (κ3) is 3.39. The van der Waals surface area contributed by atoms with Crippen LogP contribution >= 0.6 is 0 Å². The van der Waals surface area contributed by atoms with Crippen LogP contribution < -0.4 is 5.73 Å². The molecule has 4 rings (SSSR count). The molecule has 0 unspecified atom stereocenters. The second kappa shape index (κ2) is 6.83. The van der Waals surface area contributed by atoms with Crippen LogP contribution in [0, 0.1) is 25.7 Å². The van der Waals surface area contributed by atoms with Crippen LogP contribution in [0.15, 0.2) is 30.3 Å². The van der Waals surface area contributed by atoms with Gasteiger partial charge in [0.05, 0.1) is 11.2 Å². The van der Waals surface area contributed by atoms with Crippen LogP contribution in [0.1, 0.15) is 23.4 Å². The highest BCUT2D eigenvalue weighted by Gasteiger charge is 2.42. The number of likely N-dealkylation sites (tertiary alicyclic amines) is 1. The highest BCUT2D eigenvalue weighted by molar-refractivity contribution is 5.91. The van der Waals surface area contributed by atoms with Gasteiger partial charge in [0.1, 0.15) is 11.3 Å². The topological polar surface area (TPSA) is 105 Å². The van der Waals surface area contributed by atoms with Gasteiger partial charge in [0.2, 0.25) is 5.60 Å². The van der Waals surface area contributed by atoms with E-state index in [4.69, 9.17) is 5.73 Å². The zero-order chi connectivity index (χ0) is 20.8. The van der Waals surface area contributed by atoms with E-state index < -0.39 is 5.60 Å². The minimum absolute atomic E-state index is 0.305. The van der Waals surface area contributed by atoms with Gasteiger partial charge in [-0.1, -0.05) is 24.0 Å². The third-order valence-corrected chi connectivity index (χ3v) is 5.06. The SMILES string of the molecule is Cc1nc(N)c2nc(-c3cccc(C#C[C@]4(O)CCN(C)C4=O)c3)cc(C)c2n1. The minimum Gasteiger partial charge on any atom is -0.382 e. The van der Waals surface area contributed by atoms with Gasteiger partial charge in [-0.2, -0.15) is 0 Å². The predicted molar refractivity (Wildman–Crippen MR) is 111 cm³/mol. The fourth-order valence-electron chi connectivity index (χ4n) is 3.45. The summed E-state index contributed by atoms with van der Waals surface area (Å²) in [6.45, 7) is 4.25. The normalized spacial score (nSPS) is 18.8. The molecule has 0 saturated carbocycles. The van der Waals surface area contributed by atoms with Crippen molar-refractivity contribution >= 4 is 22.8 Å². The van der Waals surface area contributed by atoms with Crippen LogP contribution in [-0.4, -0.2) is 50.1 Å². The molecule has 0 spiro atoms. The lowest BCUT2D eigenvalue weighted by molar-refractivity contribution is -0.137. The molecule has 3 aromatic rings. The number of amides is 1. The number of pyridine rings is 1. The average molecular weight is 387 g/mol. The summed E-state index contributed by atoms with van der Waals surface area (Å²) in [5.41, 5.74) is 8.96. The van der Waals surface area contributed by atoms with Gasteiger partial charge in [0.15, 0.2) is 5.82 Å². The monoisotopic (exact) mass is 387 g/mol. The van der Waals surface area contributed by atoms with E-state index in [2.05, 4.69) is 26.8 Å². The number of carbonyl (C=O) groups is 1. The lowest BCUT2D eigenvalue weighted by Gasteiger charge is -2.13. The van der Waals surface area contributed by atoms with E-state index in [-0.39, 0.29) is 5.91 Å². The Morgan fingerprint density at radius 1 is 1.17 bits per heavy atom. The van der Waals surface area contributed by atoms with Crippen LogP contribution in [0.5, 0.6) is 0 Å². The molecule has 0 aliphatic carbocycles. The highest BCUT2D eigenvalue weighted by atomic mass is 16.3. The first-order valence-corrected chi connectivity index (χ1v) is 9.30. The summed E-state index contributed by atoms with van der Waals surface area (Å²) in [5.74, 6) is 6.27. The van der Waals surface area contributed by atoms with Crippen molar-refractivity contribution in [3.63, 3.8) is 0 Å². The number of aryl methyl sites for hydroxylation is 2. The van der Waals surface area contributed by atoms with E-state index in [1.807, 2.05) is 37.3 Å². The summed E-state index contributed by atoms with van der Waals surface area (Å²) in [7, 11) is 1.66. The molecule has 146 valence electrons. The number of nitrogens with zero attached hydrogens (tertiary/aromatic N) is 4. The summed E-state index contributed by atoms with van der Waals surface area (Å²) in [5, 5.41) is 10.5. The summed E-state index contributed by atoms with van der Waals surface area (Å²) in [6, 6.07) is 9.44. The minimum atomic E-state index is -1.62. The summed E-state index contributed by atoms with van der Waals surface area (Å²) in [4.78, 5) is 26.9. The van der Waals surface area contributed by atoms with E-state index in [0.717, 1.165) is 22.3 Å². The fraction of sp³-hybridized carbons (Fsp3) is 0.273. The summed E-state index contributed by atoms with van der Waals surface area (Å²) in [6.07, 6.45) is 0.305. The quantitative estimate of drug-likeness (QED) is 0.617. The molecule has 7 nitrogen and oxygen atoms in total. The van der Waals surface area contributed by atoms with Crippen molar-refractivity contribution in [1.29, 1.82) is 0 Å². The Kier molecular flexibility index (Phi) is 4.44. The highest BCUT2D eigenvalue weighted by Crippen LogP contribution is 2.26. The van der Waals surface area contributed by atoms with Crippen molar-refractivity contribution in [3.05, 3.63) is 47.3 Å². The number of nitrogen functional groups attached to an aromatic ring is 1. The molecule has 1 fully saturated rings. The second-order valence-corrected chi connectivity index (χ2v) is 7.35. The molecule has 2 aromatic heterocycles. The van der Waals surface area contributed by atoms with Gasteiger partial charge in [-0.25, -0.2) is 15.0 Å². The average Bonchev–Trinajstić information content (AvgIpc) is 2.95. The maximum absolute atomic E-state index is 12.1. The lowest BCUT2D eigenvalue weighted by atomic mass is 10.0. The number of anilines is 1. The van der Waals surface area contributed by atoms with E-state index >= 15 is 0 Å². The molecular weight excluding hydrogens is 366 g/mol. The Morgan fingerprint density at radius 3 is 2.69 bits per heavy atom. The van der Waals surface area contributed by atoms with Crippen molar-refractivity contribution in [2.45, 2.75) is 25.9 Å². The van der Waals surface area contributed by atoms with Gasteiger partial charge in [0.25, 0.3) is 5.91 Å². The molecule has 1 aromatic carbocycles. The van der Waals surface area contributed by atoms with Crippen molar-refractivity contribution in [2.24, 2.45) is 0 Å². The Bertz CT molecular complexity index is 1210. The van der Waals surface area contributed by atoms with E-state index in [0.29, 0.717) is 35.7 Å². The van der Waals surface area contributed by atoms with E-state index in [1.165, 1.54) is 4.90 Å². The number of carbonyl (C=O) groups excluding carboxylic acids is 1. The third-order valence-electron chi connectivity index (χ3n) is 5.06. The van der Waals surface area contributed by atoms with Crippen LogP contribution in [0.4, 0.5) is 5.82 Å². The summed E-state index contributed by atoms with van der Waals surface area (Å²) < 4.78 is 0. The Morgan fingerprint density at radius 2 is 1.97 bits per heavy atom. The van der Waals surface area contributed by atoms with Crippen LogP contribution in [0.25, 0.3) is 22.3 Å². The van der Waals surface area contributed by atoms with Gasteiger partial charge < -0.3 is 15.7 Å². The summed E-state index contributed by atoms with van der Waals surface area (Å²) >= 11 is 0. The van der Waals surface area contributed by atoms with Crippen molar-refractivity contribution in [2.75, 3.05) is 19.3 Å². The number of fused-ring (bicyclic) bond motifs is 1. The van der Waals surface area contributed by atoms with E-state index in [9.17, 15) is 9.90 Å². The zero-order valence-corrected chi connectivity index (χ0v) is 16.5. The molecule has 0 radical (unpaired) electrons. The van der Waals surface area contributed by atoms with Gasteiger partial charge in [-0.3, -0.25) is 4.79 Å². The predicted octanol–water partition coefficient (Wildman–Crippen LogP) is 1.84. The number of benzene rings is 1. The molecule has 0 bridgehead atoms. The maximum atomic E-state index is 12.1. The van der Waals surface area contributed by atoms with Crippen molar-refractivity contribution in [3.8, 4) is 23.1 Å². The smallest absolute Gasteiger partial charge is 0.267 e. The van der Waals surface area contributed by atoms with Crippen molar-refractivity contribution in [1.82, 2.24) is 19.9 Å². The molecule has 1 aliphatic heterocycles. The molecule has 1 aliphatic rings. The molecule has 1 atom stereocenters. The molecule has 29 heavy (non-hydrogen) atoms. The van der Waals surface area contributed by atoms with Gasteiger partial charge in [0, 0.05) is 31.1 Å². The lowest BCUT2D eigenvalue weighted by Crippen LogP contribution is -2.37. The van der Waals surface area contributed by atoms with Crippen LogP contribution in [0.2, 0.25) is 0 Å². The first-order valence-electron chi connectivity index (χ1n) is 9.30. The van der Waals surface area contributed by atoms with E-state index in [1.54, 1.807) is 14.0 Å².